The molecule has 0 aliphatic heterocycles. The summed E-state index contributed by atoms with van der Waals surface area (Å²) in [7, 11) is 0. The van der Waals surface area contributed by atoms with Crippen molar-refractivity contribution in [2.75, 3.05) is 54.0 Å². The predicted octanol–water partition coefficient (Wildman–Crippen LogP) is 9.02. The Morgan fingerprint density at radius 2 is 0.838 bits per heavy atom. The Labute approximate surface area is 235 Å². The van der Waals surface area contributed by atoms with Crippen LogP contribution in [0.3, 0.4) is 0 Å². The lowest BCUT2D eigenvalue weighted by Crippen LogP contribution is -2.22. The van der Waals surface area contributed by atoms with Gasteiger partial charge in [0.2, 0.25) is 0 Å². The molecular formula is C32H43Cl2N3. The minimum absolute atomic E-state index is 0.0674. The summed E-state index contributed by atoms with van der Waals surface area (Å²) >= 11 is 14.1. The molecule has 0 radical (unpaired) electrons. The first-order chi connectivity index (χ1) is 17.8. The third kappa shape index (κ3) is 6.38. The first kappa shape index (κ1) is 29.2. The smallest absolute Gasteiger partial charge is 0.0468 e. The molecule has 0 amide bonds. The van der Waals surface area contributed by atoms with Crippen molar-refractivity contribution >= 4 is 40.3 Å². The molecule has 0 heterocycles. The van der Waals surface area contributed by atoms with Crippen LogP contribution in [-0.4, -0.2) is 39.3 Å². The van der Waals surface area contributed by atoms with Crippen LogP contribution in [0.2, 0.25) is 10.0 Å². The molecule has 3 rings (SSSR count). The maximum atomic E-state index is 7.05. The number of benzene rings is 3. The van der Waals surface area contributed by atoms with E-state index in [1.165, 1.54) is 16.8 Å². The normalized spacial score (nSPS) is 11.2. The predicted molar refractivity (Wildman–Crippen MR) is 166 cm³/mol. The number of halogens is 2. The SMILES string of the molecule is CCN(CC)c1ccc(C(c2ccc(N(CC)CC)cc2Cl)c2ccc(N(CC)CC)cc2Cl)c(C)c1. The van der Waals surface area contributed by atoms with Gasteiger partial charge in [-0.15, -0.1) is 0 Å². The van der Waals surface area contributed by atoms with Crippen molar-refractivity contribution < 1.29 is 0 Å². The Balaban J connectivity index is 2.20. The van der Waals surface area contributed by atoms with Crippen molar-refractivity contribution in [2.24, 2.45) is 0 Å². The molecule has 5 heteroatoms. The van der Waals surface area contributed by atoms with Gasteiger partial charge in [0.05, 0.1) is 0 Å². The van der Waals surface area contributed by atoms with Crippen molar-refractivity contribution in [3.63, 3.8) is 0 Å². The van der Waals surface area contributed by atoms with Crippen molar-refractivity contribution in [3.05, 3.63) is 86.9 Å². The van der Waals surface area contributed by atoms with Gasteiger partial charge in [0, 0.05) is 72.3 Å². The molecule has 200 valence electrons. The monoisotopic (exact) mass is 539 g/mol. The Kier molecular flexibility index (Phi) is 10.6. The third-order valence-corrected chi connectivity index (χ3v) is 8.19. The minimum atomic E-state index is -0.0674. The topological polar surface area (TPSA) is 9.72 Å². The molecule has 0 aliphatic carbocycles. The highest BCUT2D eigenvalue weighted by Crippen LogP contribution is 2.43. The average Bonchev–Trinajstić information content (AvgIpc) is 2.89. The summed E-state index contributed by atoms with van der Waals surface area (Å²) in [5.74, 6) is -0.0674. The zero-order chi connectivity index (χ0) is 27.1. The van der Waals surface area contributed by atoms with Gasteiger partial charge < -0.3 is 14.7 Å². The summed E-state index contributed by atoms with van der Waals surface area (Å²) in [5, 5.41) is 1.54. The maximum Gasteiger partial charge on any atom is 0.0468 e. The van der Waals surface area contributed by atoms with E-state index in [9.17, 15) is 0 Å². The summed E-state index contributed by atoms with van der Waals surface area (Å²) < 4.78 is 0. The molecule has 0 saturated heterocycles. The molecule has 0 spiro atoms. The van der Waals surface area contributed by atoms with E-state index >= 15 is 0 Å². The highest BCUT2D eigenvalue weighted by molar-refractivity contribution is 6.32. The summed E-state index contributed by atoms with van der Waals surface area (Å²) in [5.41, 5.74) is 8.16. The number of anilines is 3. The van der Waals surface area contributed by atoms with Crippen LogP contribution in [0, 0.1) is 6.92 Å². The molecule has 37 heavy (non-hydrogen) atoms. The number of aryl methyl sites for hydroxylation is 1. The largest absolute Gasteiger partial charge is 0.372 e. The summed E-state index contributed by atoms with van der Waals surface area (Å²) in [6.07, 6.45) is 0. The van der Waals surface area contributed by atoms with E-state index in [-0.39, 0.29) is 5.92 Å². The second-order valence-electron chi connectivity index (χ2n) is 9.40. The van der Waals surface area contributed by atoms with Crippen molar-refractivity contribution in [3.8, 4) is 0 Å². The molecule has 0 aromatic heterocycles. The molecule has 0 atom stereocenters. The van der Waals surface area contributed by atoms with Gasteiger partial charge in [0.15, 0.2) is 0 Å². The first-order valence-electron chi connectivity index (χ1n) is 13.8. The van der Waals surface area contributed by atoms with Crippen LogP contribution in [0.1, 0.15) is 69.7 Å². The lowest BCUT2D eigenvalue weighted by molar-refractivity contribution is 0.859. The van der Waals surface area contributed by atoms with Crippen molar-refractivity contribution in [2.45, 2.75) is 54.4 Å². The number of hydrogen-bond acceptors (Lipinski definition) is 3. The van der Waals surface area contributed by atoms with E-state index in [0.29, 0.717) is 0 Å². The van der Waals surface area contributed by atoms with Gasteiger partial charge >= 0.3 is 0 Å². The third-order valence-electron chi connectivity index (χ3n) is 7.54. The molecule has 0 N–H and O–H groups in total. The molecule has 0 saturated carbocycles. The van der Waals surface area contributed by atoms with Crippen LogP contribution in [0.4, 0.5) is 17.1 Å². The molecule has 3 aromatic carbocycles. The fourth-order valence-corrected chi connectivity index (χ4v) is 5.91. The van der Waals surface area contributed by atoms with Crippen LogP contribution in [-0.2, 0) is 0 Å². The molecule has 3 aromatic rings. The Morgan fingerprint density at radius 3 is 1.14 bits per heavy atom. The zero-order valence-electron chi connectivity index (χ0n) is 23.6. The zero-order valence-corrected chi connectivity index (χ0v) is 25.1. The van der Waals surface area contributed by atoms with Crippen LogP contribution >= 0.6 is 23.2 Å². The first-order valence-corrected chi connectivity index (χ1v) is 14.5. The average molecular weight is 541 g/mol. The number of rotatable bonds is 12. The van der Waals surface area contributed by atoms with Gasteiger partial charge in [0.1, 0.15) is 0 Å². The molecule has 0 fully saturated rings. The van der Waals surface area contributed by atoms with Crippen LogP contribution in [0.25, 0.3) is 0 Å². The highest BCUT2D eigenvalue weighted by Gasteiger charge is 2.25. The molecule has 0 bridgehead atoms. The van der Waals surface area contributed by atoms with Crippen molar-refractivity contribution in [1.29, 1.82) is 0 Å². The molecule has 0 aliphatic rings. The minimum Gasteiger partial charge on any atom is -0.372 e. The fourth-order valence-electron chi connectivity index (χ4n) is 5.34. The van der Waals surface area contributed by atoms with Gasteiger partial charge in [-0.1, -0.05) is 41.4 Å². The Morgan fingerprint density at radius 1 is 0.514 bits per heavy atom. The molecule has 3 nitrogen and oxygen atoms in total. The Hall–Kier alpha value is -2.36. The molecule has 0 unspecified atom stereocenters. The van der Waals surface area contributed by atoms with Crippen LogP contribution in [0.15, 0.2) is 54.6 Å². The van der Waals surface area contributed by atoms with Gasteiger partial charge in [0.25, 0.3) is 0 Å². The van der Waals surface area contributed by atoms with E-state index in [4.69, 9.17) is 23.2 Å². The maximum absolute atomic E-state index is 7.05. The van der Waals surface area contributed by atoms with Gasteiger partial charge in [-0.05, 0) is 107 Å². The number of hydrogen-bond donors (Lipinski definition) is 0. The quantitative estimate of drug-likeness (QED) is 0.212. The van der Waals surface area contributed by atoms with E-state index in [0.717, 1.165) is 71.8 Å². The highest BCUT2D eigenvalue weighted by atomic mass is 35.5. The second kappa shape index (κ2) is 13.4. The summed E-state index contributed by atoms with van der Waals surface area (Å²) in [4.78, 5) is 7.02. The Bertz CT molecular complexity index is 1020. The fraction of sp³-hybridized carbons (Fsp3) is 0.438. The lowest BCUT2D eigenvalue weighted by Gasteiger charge is -2.28. The van der Waals surface area contributed by atoms with E-state index in [2.05, 4.69) is 118 Å². The summed E-state index contributed by atoms with van der Waals surface area (Å²) in [6.45, 7) is 21.0. The van der Waals surface area contributed by atoms with Crippen molar-refractivity contribution in [1.82, 2.24) is 0 Å². The van der Waals surface area contributed by atoms with Gasteiger partial charge in [-0.25, -0.2) is 0 Å². The standard InChI is InChI=1S/C32H43Cl2N3/c1-8-35(9-2)24-14-17-27(23(7)20-24)32(28-18-15-25(21-30(28)33)36(10-3)11-4)29-19-16-26(22-31(29)34)37(12-5)13-6/h14-22,32H,8-13H2,1-7H3. The van der Waals surface area contributed by atoms with Gasteiger partial charge in [-0.3, -0.25) is 0 Å². The van der Waals surface area contributed by atoms with Crippen LogP contribution < -0.4 is 14.7 Å². The van der Waals surface area contributed by atoms with Gasteiger partial charge in [-0.2, -0.15) is 0 Å². The van der Waals surface area contributed by atoms with E-state index < -0.39 is 0 Å². The van der Waals surface area contributed by atoms with E-state index in [1.807, 2.05) is 0 Å². The molecular weight excluding hydrogens is 497 g/mol. The van der Waals surface area contributed by atoms with Crippen LogP contribution in [0.5, 0.6) is 0 Å². The lowest BCUT2D eigenvalue weighted by atomic mass is 9.82. The second-order valence-corrected chi connectivity index (χ2v) is 10.2. The summed E-state index contributed by atoms with van der Waals surface area (Å²) in [6, 6.07) is 19.8. The number of nitrogens with zero attached hydrogens (tertiary/aromatic N) is 3. The van der Waals surface area contributed by atoms with E-state index in [1.54, 1.807) is 0 Å².